The molecular formula is C39H45N3O7. The lowest BCUT2D eigenvalue weighted by Crippen LogP contribution is -2.60. The van der Waals surface area contributed by atoms with E-state index in [0.29, 0.717) is 38.2 Å². The Bertz CT molecular complexity index is 1700. The van der Waals surface area contributed by atoms with Crippen LogP contribution in [0.5, 0.6) is 0 Å². The summed E-state index contributed by atoms with van der Waals surface area (Å²) < 4.78 is 17.9. The number of carbonyl (C=O) groups is 4. The minimum Gasteiger partial charge on any atom is -0.468 e. The van der Waals surface area contributed by atoms with Crippen molar-refractivity contribution in [3.63, 3.8) is 0 Å². The fraction of sp³-hybridized carbons (Fsp3) is 0.436. The van der Waals surface area contributed by atoms with E-state index in [0.717, 1.165) is 34.9 Å². The van der Waals surface area contributed by atoms with Crippen LogP contribution in [0.15, 0.2) is 84.6 Å². The molecule has 3 heterocycles. The van der Waals surface area contributed by atoms with Crippen molar-refractivity contribution in [3.8, 4) is 0 Å². The number of ether oxygens (including phenoxy) is 3. The minimum absolute atomic E-state index is 0.0742. The van der Waals surface area contributed by atoms with Gasteiger partial charge in [0.2, 0.25) is 17.7 Å². The summed E-state index contributed by atoms with van der Waals surface area (Å²) in [6, 6.07) is 23.8. The summed E-state index contributed by atoms with van der Waals surface area (Å²) in [6.07, 6.45) is 2.70. The van der Waals surface area contributed by atoms with Crippen LogP contribution in [-0.2, 0) is 46.5 Å². The summed E-state index contributed by atoms with van der Waals surface area (Å²) in [4.78, 5) is 57.1. The standard InChI is InChI=1S/C39H45N3O7/c1-27-39(38(46)47-2)23-31(21-35(43)40-18-10-20-41-19-9-17-36(41)44)37(45)42(24-30-15-8-14-29-13-6-7-16-33(29)30)34(39)22-32(49-27)26-48-25-28-11-4-3-5-12-28/h3-8,11-16,22,27,31-32H,9-10,17-21,23-26H2,1-2H3,(H,40,43)/t27-,31-,32-,39+/m0/s1. The van der Waals surface area contributed by atoms with Crippen molar-refractivity contribution in [1.29, 1.82) is 0 Å². The topological polar surface area (TPSA) is 114 Å². The van der Waals surface area contributed by atoms with Gasteiger partial charge in [0.05, 0.1) is 33.0 Å². The number of carbonyl (C=O) groups excluding carboxylic acids is 4. The van der Waals surface area contributed by atoms with Crippen molar-refractivity contribution in [1.82, 2.24) is 15.1 Å². The van der Waals surface area contributed by atoms with Crippen LogP contribution in [0.25, 0.3) is 10.8 Å². The maximum atomic E-state index is 14.5. The van der Waals surface area contributed by atoms with E-state index in [4.69, 9.17) is 14.2 Å². The molecule has 6 rings (SSSR count). The molecule has 258 valence electrons. The number of fused-ring (bicyclic) bond motifs is 2. The minimum atomic E-state index is -1.32. The first-order valence-corrected chi connectivity index (χ1v) is 17.2. The summed E-state index contributed by atoms with van der Waals surface area (Å²) in [5.74, 6) is -1.65. The summed E-state index contributed by atoms with van der Waals surface area (Å²) in [5, 5.41) is 4.97. The van der Waals surface area contributed by atoms with Gasteiger partial charge in [0, 0.05) is 44.1 Å². The molecule has 2 fully saturated rings. The molecule has 3 amide bonds. The molecule has 3 aromatic carbocycles. The number of methoxy groups -OCH3 is 1. The zero-order valence-electron chi connectivity index (χ0n) is 28.3. The Hall–Kier alpha value is -4.54. The molecule has 4 atom stereocenters. The van der Waals surface area contributed by atoms with Gasteiger partial charge in [-0.1, -0.05) is 72.8 Å². The molecule has 2 saturated heterocycles. The van der Waals surface area contributed by atoms with Crippen LogP contribution >= 0.6 is 0 Å². The number of nitrogens with one attached hydrogen (secondary N) is 1. The summed E-state index contributed by atoms with van der Waals surface area (Å²) >= 11 is 0. The highest BCUT2D eigenvalue weighted by atomic mass is 16.5. The maximum absolute atomic E-state index is 14.5. The lowest BCUT2D eigenvalue weighted by atomic mass is 9.66. The monoisotopic (exact) mass is 667 g/mol. The van der Waals surface area contributed by atoms with Gasteiger partial charge in [0.25, 0.3) is 0 Å². The van der Waals surface area contributed by atoms with Crippen molar-refractivity contribution < 1.29 is 33.4 Å². The van der Waals surface area contributed by atoms with Gasteiger partial charge in [-0.25, -0.2) is 0 Å². The molecule has 0 unspecified atom stereocenters. The number of hydrogen-bond acceptors (Lipinski definition) is 7. The quantitative estimate of drug-likeness (QED) is 0.207. The predicted octanol–water partition coefficient (Wildman–Crippen LogP) is 4.75. The van der Waals surface area contributed by atoms with Crippen LogP contribution in [0.4, 0.5) is 0 Å². The van der Waals surface area contributed by atoms with E-state index in [1.807, 2.05) is 90.7 Å². The second-order valence-electron chi connectivity index (χ2n) is 13.2. The van der Waals surface area contributed by atoms with Crippen LogP contribution < -0.4 is 5.32 Å². The van der Waals surface area contributed by atoms with Crippen LogP contribution in [0.2, 0.25) is 0 Å². The molecule has 3 aromatic rings. The highest BCUT2D eigenvalue weighted by Crippen LogP contribution is 2.51. The van der Waals surface area contributed by atoms with Gasteiger partial charge in [-0.3, -0.25) is 19.2 Å². The van der Waals surface area contributed by atoms with Crippen molar-refractivity contribution in [2.75, 3.05) is 33.4 Å². The Morgan fingerprint density at radius 2 is 1.80 bits per heavy atom. The molecular weight excluding hydrogens is 622 g/mol. The molecule has 0 saturated carbocycles. The van der Waals surface area contributed by atoms with Crippen molar-refractivity contribution in [3.05, 3.63) is 95.7 Å². The van der Waals surface area contributed by atoms with Crippen LogP contribution in [-0.4, -0.2) is 79.0 Å². The number of piperidine rings is 1. The molecule has 1 N–H and O–H groups in total. The maximum Gasteiger partial charge on any atom is 0.320 e. The fourth-order valence-corrected chi connectivity index (χ4v) is 7.52. The largest absolute Gasteiger partial charge is 0.468 e. The van der Waals surface area contributed by atoms with Gasteiger partial charge in [-0.2, -0.15) is 0 Å². The average Bonchev–Trinajstić information content (AvgIpc) is 3.53. The smallest absolute Gasteiger partial charge is 0.320 e. The predicted molar refractivity (Wildman–Crippen MR) is 184 cm³/mol. The number of likely N-dealkylation sites (tertiary alicyclic amines) is 2. The average molecular weight is 668 g/mol. The number of esters is 1. The molecule has 10 nitrogen and oxygen atoms in total. The first kappa shape index (κ1) is 34.3. The molecule has 0 bridgehead atoms. The molecule has 0 spiro atoms. The Morgan fingerprint density at radius 3 is 2.57 bits per heavy atom. The van der Waals surface area contributed by atoms with Gasteiger partial charge in [-0.15, -0.1) is 0 Å². The van der Waals surface area contributed by atoms with Crippen LogP contribution in [0.1, 0.15) is 50.2 Å². The Balaban J connectivity index is 1.27. The second kappa shape index (κ2) is 15.3. The van der Waals surface area contributed by atoms with E-state index in [2.05, 4.69) is 5.32 Å². The summed E-state index contributed by atoms with van der Waals surface area (Å²) in [6.45, 7) is 4.39. The number of hydrogen-bond donors (Lipinski definition) is 1. The van der Waals surface area contributed by atoms with E-state index in [1.165, 1.54) is 7.11 Å². The van der Waals surface area contributed by atoms with Gasteiger partial charge in [-0.05, 0) is 54.2 Å². The van der Waals surface area contributed by atoms with Gasteiger partial charge in [0.1, 0.15) is 11.5 Å². The van der Waals surface area contributed by atoms with E-state index >= 15 is 0 Å². The molecule has 3 aliphatic rings. The van der Waals surface area contributed by atoms with Crippen molar-refractivity contribution in [2.24, 2.45) is 11.3 Å². The fourth-order valence-electron chi connectivity index (χ4n) is 7.52. The van der Waals surface area contributed by atoms with E-state index in [-0.39, 0.29) is 43.7 Å². The molecule has 0 aromatic heterocycles. The van der Waals surface area contributed by atoms with Gasteiger partial charge >= 0.3 is 5.97 Å². The highest BCUT2D eigenvalue weighted by molar-refractivity contribution is 5.93. The van der Waals surface area contributed by atoms with E-state index < -0.39 is 29.5 Å². The first-order chi connectivity index (χ1) is 23.8. The summed E-state index contributed by atoms with van der Waals surface area (Å²) in [7, 11) is 1.34. The molecule has 49 heavy (non-hydrogen) atoms. The number of rotatable bonds is 13. The van der Waals surface area contributed by atoms with Gasteiger partial charge in [0.15, 0.2) is 0 Å². The molecule has 0 aliphatic carbocycles. The highest BCUT2D eigenvalue weighted by Gasteiger charge is 2.59. The number of nitrogens with zero attached hydrogens (tertiary/aromatic N) is 2. The molecule has 3 aliphatic heterocycles. The van der Waals surface area contributed by atoms with E-state index in [1.54, 1.807) is 4.90 Å². The van der Waals surface area contributed by atoms with Crippen molar-refractivity contribution >= 4 is 34.5 Å². The second-order valence-corrected chi connectivity index (χ2v) is 13.2. The third-order valence-corrected chi connectivity index (χ3v) is 10.0. The number of amides is 3. The molecule has 10 heteroatoms. The van der Waals surface area contributed by atoms with Crippen molar-refractivity contribution in [2.45, 2.75) is 64.4 Å². The van der Waals surface area contributed by atoms with E-state index in [9.17, 15) is 19.2 Å². The zero-order valence-corrected chi connectivity index (χ0v) is 28.3. The normalized spacial score (nSPS) is 23.7. The number of benzene rings is 3. The van der Waals surface area contributed by atoms with Crippen LogP contribution in [0.3, 0.4) is 0 Å². The zero-order chi connectivity index (χ0) is 34.4. The lowest BCUT2D eigenvalue weighted by Gasteiger charge is -2.51. The first-order valence-electron chi connectivity index (χ1n) is 17.2. The Kier molecular flexibility index (Phi) is 10.7. The summed E-state index contributed by atoms with van der Waals surface area (Å²) in [5.41, 5.74) is 1.16. The Morgan fingerprint density at radius 1 is 1.02 bits per heavy atom. The lowest BCUT2D eigenvalue weighted by molar-refractivity contribution is -0.178. The molecule has 0 radical (unpaired) electrons. The third kappa shape index (κ3) is 7.40. The third-order valence-electron chi connectivity index (χ3n) is 10.0. The Labute approximate surface area is 287 Å². The SMILES string of the molecule is COC(=O)[C@@]12C[C@H](CC(=O)NCCCN3CCCC3=O)C(=O)N(Cc3cccc4ccccc34)C1=C[C@@H](COCc1ccccc1)O[C@H]2C. The van der Waals surface area contributed by atoms with Crippen LogP contribution in [0, 0.1) is 11.3 Å². The van der Waals surface area contributed by atoms with Gasteiger partial charge < -0.3 is 29.3 Å².